The number of H-pyrrole nitrogens is 2. The summed E-state index contributed by atoms with van der Waals surface area (Å²) in [5.74, 6) is -5.82. The minimum absolute atomic E-state index is 0.0741. The summed E-state index contributed by atoms with van der Waals surface area (Å²) in [7, 11) is 0. The molecule has 0 atom stereocenters. The lowest BCUT2D eigenvalue weighted by Gasteiger charge is -2.07. The Labute approximate surface area is 328 Å². The van der Waals surface area contributed by atoms with Crippen molar-refractivity contribution in [3.05, 3.63) is 145 Å². The highest BCUT2D eigenvalue weighted by Gasteiger charge is 2.25. The molecule has 0 saturated heterocycles. The van der Waals surface area contributed by atoms with E-state index in [1.165, 1.54) is 0 Å². The quantitative estimate of drug-likeness (QED) is 0.0803. The van der Waals surface area contributed by atoms with Crippen LogP contribution in [0.3, 0.4) is 0 Å². The predicted octanol–water partition coefficient (Wildman–Crippen LogP) is 6.95. The van der Waals surface area contributed by atoms with Gasteiger partial charge in [-0.15, -0.1) is 11.6 Å². The van der Waals surface area contributed by atoms with E-state index in [0.717, 1.165) is 36.2 Å². The van der Waals surface area contributed by atoms with Crippen LogP contribution >= 0.6 is 34.8 Å². The number of phenols is 1. The third kappa shape index (κ3) is 9.73. The Kier molecular flexibility index (Phi) is 12.5. The maximum Gasteiger partial charge on any atom is 0.470 e. The van der Waals surface area contributed by atoms with Crippen LogP contribution in [0.5, 0.6) is 11.5 Å². The monoisotopic (exact) mass is 849 g/mol. The first-order valence-electron chi connectivity index (χ1n) is 15.6. The van der Waals surface area contributed by atoms with E-state index in [1.54, 1.807) is 36.4 Å². The van der Waals surface area contributed by atoms with Gasteiger partial charge in [0, 0.05) is 21.2 Å². The molecule has 0 saturated carbocycles. The van der Waals surface area contributed by atoms with E-state index in [9.17, 15) is 27.2 Å². The molecule has 3 N–H and O–H groups in total. The minimum Gasteiger partial charge on any atom is -0.505 e. The SMILES string of the molecule is ClCc1nc(-c2ccc(Cl)cc2)no1.O=c1[nH][n+](-c2c(F)ccc(O)c2F)co1.O=c1[nH]c(-c2c(F)ccc(OCc3nc(-c4ccc(Cl)cc4)no3)c2F)no1. The number of hydrogen-bond acceptors (Lipinski definition) is 13. The van der Waals surface area contributed by atoms with E-state index in [4.69, 9.17) is 53.7 Å². The molecule has 0 spiro atoms. The van der Waals surface area contributed by atoms with E-state index < -0.39 is 57.6 Å². The van der Waals surface area contributed by atoms with Gasteiger partial charge in [0.05, 0.1) is 5.56 Å². The van der Waals surface area contributed by atoms with E-state index in [1.807, 2.05) is 17.2 Å². The van der Waals surface area contributed by atoms with Crippen LogP contribution in [0.1, 0.15) is 11.8 Å². The zero-order chi connectivity index (χ0) is 40.6. The highest BCUT2D eigenvalue weighted by molar-refractivity contribution is 6.30. The van der Waals surface area contributed by atoms with Gasteiger partial charge in [-0.05, 0) is 77.5 Å². The molecule has 292 valence electrons. The molecule has 0 amide bonds. The van der Waals surface area contributed by atoms with Crippen LogP contribution < -0.4 is 20.9 Å². The van der Waals surface area contributed by atoms with Crippen molar-refractivity contribution in [2.75, 3.05) is 0 Å². The lowest BCUT2D eigenvalue weighted by molar-refractivity contribution is -0.664. The molecule has 0 fully saturated rings. The third-order valence-electron chi connectivity index (χ3n) is 7.10. The number of benzene rings is 4. The molecule has 0 bridgehead atoms. The maximum atomic E-state index is 14.6. The Morgan fingerprint density at radius 3 is 1.86 bits per heavy atom. The van der Waals surface area contributed by atoms with Gasteiger partial charge in [-0.25, -0.2) is 18.4 Å². The second-order valence-corrected chi connectivity index (χ2v) is 12.0. The first-order valence-corrected chi connectivity index (χ1v) is 16.9. The molecule has 8 rings (SSSR count). The molecule has 0 aliphatic carbocycles. The second-order valence-electron chi connectivity index (χ2n) is 10.9. The van der Waals surface area contributed by atoms with Gasteiger partial charge in [-0.3, -0.25) is 9.51 Å². The largest absolute Gasteiger partial charge is 0.505 e. The zero-order valence-electron chi connectivity index (χ0n) is 28.1. The summed E-state index contributed by atoms with van der Waals surface area (Å²) >= 11 is 17.1. The Hall–Kier alpha value is -6.77. The van der Waals surface area contributed by atoms with E-state index >= 15 is 0 Å². The summed E-state index contributed by atoms with van der Waals surface area (Å²) in [6.07, 6.45) is 0.795. The summed E-state index contributed by atoms with van der Waals surface area (Å²) in [5.41, 5.74) is 0.329. The lowest BCUT2D eigenvalue weighted by Crippen LogP contribution is -2.36. The van der Waals surface area contributed by atoms with E-state index in [-0.39, 0.29) is 24.1 Å². The highest BCUT2D eigenvalue weighted by atomic mass is 35.5. The molecule has 0 aliphatic rings. The number of ether oxygens (including phenoxy) is 1. The second kappa shape index (κ2) is 17.8. The molecule has 0 unspecified atom stereocenters. The molecule has 4 heterocycles. The van der Waals surface area contributed by atoms with Gasteiger partial charge in [-0.1, -0.05) is 43.8 Å². The Morgan fingerprint density at radius 1 is 0.719 bits per heavy atom. The van der Waals surface area contributed by atoms with Crippen molar-refractivity contribution in [2.24, 2.45) is 0 Å². The van der Waals surface area contributed by atoms with Crippen molar-refractivity contribution in [2.45, 2.75) is 12.5 Å². The van der Waals surface area contributed by atoms with E-state index in [2.05, 4.69) is 39.4 Å². The van der Waals surface area contributed by atoms with Crippen LogP contribution in [0.25, 0.3) is 39.9 Å². The van der Waals surface area contributed by atoms with Gasteiger partial charge in [0.1, 0.15) is 11.7 Å². The van der Waals surface area contributed by atoms with Crippen molar-refractivity contribution in [1.82, 2.24) is 35.5 Å². The number of nitrogens with one attached hydrogen (secondary N) is 2. The number of aromatic amines is 2. The lowest BCUT2D eigenvalue weighted by atomic mass is 10.1. The summed E-state index contributed by atoms with van der Waals surface area (Å²) in [5, 5.41) is 23.1. The molecule has 0 radical (unpaired) electrons. The first kappa shape index (κ1) is 39.9. The van der Waals surface area contributed by atoms with Crippen LogP contribution in [0.2, 0.25) is 10.0 Å². The molecule has 57 heavy (non-hydrogen) atoms. The molecule has 4 aromatic carbocycles. The summed E-state index contributed by atoms with van der Waals surface area (Å²) in [4.78, 5) is 31.9. The molecule has 23 heteroatoms. The van der Waals surface area contributed by atoms with Crippen molar-refractivity contribution in [1.29, 1.82) is 0 Å². The van der Waals surface area contributed by atoms with Gasteiger partial charge >= 0.3 is 23.6 Å². The number of halogens is 7. The molecular formula is C34H20Cl3F4N8O8+. The Morgan fingerprint density at radius 2 is 1.32 bits per heavy atom. The number of alkyl halides is 1. The topological polar surface area (TPSA) is 216 Å². The number of phenolic OH excluding ortho intramolecular Hbond substituents is 1. The molecule has 16 nitrogen and oxygen atoms in total. The Bertz CT molecular complexity index is 2730. The number of aromatic nitrogens is 8. The number of rotatable bonds is 8. The number of nitrogens with zero attached hydrogens (tertiary/aromatic N) is 6. The van der Waals surface area contributed by atoms with Gasteiger partial charge < -0.3 is 23.3 Å². The van der Waals surface area contributed by atoms with Crippen LogP contribution in [0.15, 0.2) is 107 Å². The average Bonchev–Trinajstić information content (AvgIpc) is 4.04. The third-order valence-corrected chi connectivity index (χ3v) is 7.84. The highest BCUT2D eigenvalue weighted by Crippen LogP contribution is 2.30. The van der Waals surface area contributed by atoms with Crippen molar-refractivity contribution in [3.63, 3.8) is 0 Å². The van der Waals surface area contributed by atoms with Crippen molar-refractivity contribution >= 4 is 34.8 Å². The van der Waals surface area contributed by atoms with Crippen molar-refractivity contribution in [3.8, 4) is 51.3 Å². The van der Waals surface area contributed by atoms with E-state index in [0.29, 0.717) is 37.8 Å². The van der Waals surface area contributed by atoms with Crippen molar-refractivity contribution < 1.29 is 50.1 Å². The van der Waals surface area contributed by atoms with Crippen LogP contribution in [0.4, 0.5) is 17.6 Å². The predicted molar refractivity (Wildman–Crippen MR) is 188 cm³/mol. The molecule has 4 aromatic heterocycles. The molecular weight excluding hydrogens is 831 g/mol. The maximum absolute atomic E-state index is 14.6. The average molecular weight is 851 g/mol. The molecule has 0 aliphatic heterocycles. The van der Waals surface area contributed by atoms with Crippen LogP contribution in [-0.4, -0.2) is 40.6 Å². The number of aromatic hydroxyl groups is 1. The van der Waals surface area contributed by atoms with Gasteiger partial charge in [0.15, 0.2) is 29.7 Å². The Balaban J connectivity index is 0.000000159. The smallest absolute Gasteiger partial charge is 0.470 e. The summed E-state index contributed by atoms with van der Waals surface area (Å²) in [6, 6.07) is 17.7. The molecule has 8 aromatic rings. The normalized spacial score (nSPS) is 10.7. The zero-order valence-corrected chi connectivity index (χ0v) is 30.3. The first-order chi connectivity index (χ1) is 27.4. The van der Waals surface area contributed by atoms with Gasteiger partial charge in [-0.2, -0.15) is 18.7 Å². The minimum atomic E-state index is -1.18. The summed E-state index contributed by atoms with van der Waals surface area (Å²) in [6.45, 7) is -0.266. The van der Waals surface area contributed by atoms with Gasteiger partial charge in [0.25, 0.3) is 5.89 Å². The van der Waals surface area contributed by atoms with Crippen LogP contribution in [0, 0.1) is 23.3 Å². The standard InChI is InChI=1S/C17H9ClF2N4O4.C9H6Cl2N2O.C8H4F2N2O3/c18-9-3-1-8(2-4-9)15-21-12(27-23-15)7-26-11-6-5-10(19)13(14(11)20)16-22-17(25)28-24-16;10-5-8-12-9(13-14-8)6-1-3-7(11)4-2-6;9-4-1-2-5(13)6(10)7(4)12-3-15-8(14)11-12/h1-6H,7H2,(H,22,24,25);1-4H,5H2;1-3H,(H-,11,13,14)/p+1. The van der Waals surface area contributed by atoms with Gasteiger partial charge in [0.2, 0.25) is 29.2 Å². The summed E-state index contributed by atoms with van der Waals surface area (Å²) < 4.78 is 79.5. The fraction of sp³-hybridized carbons (Fsp3) is 0.0588. The fourth-order valence-corrected chi connectivity index (χ4v) is 4.87. The van der Waals surface area contributed by atoms with Crippen LogP contribution in [-0.2, 0) is 12.5 Å². The fourth-order valence-electron chi connectivity index (χ4n) is 4.51. The number of hydrogen-bond donors (Lipinski definition) is 3.